The summed E-state index contributed by atoms with van der Waals surface area (Å²) in [5.74, 6) is -2.18. The summed E-state index contributed by atoms with van der Waals surface area (Å²) in [5.41, 5.74) is 0. The first-order chi connectivity index (χ1) is 47.7. The fourth-order valence-corrected chi connectivity index (χ4v) is 12.4. The van der Waals surface area contributed by atoms with Crippen molar-refractivity contribution in [2.75, 3.05) is 39.6 Å². The molecule has 0 rings (SSSR count). The third-order valence-electron chi connectivity index (χ3n) is 17.0. The maximum atomic E-state index is 13.1. The standard InChI is InChI=1S/C79H144O17P2/c1-5-9-13-17-21-25-29-33-36-40-44-48-52-56-60-64-77(82)90-70-75(96-79(84)66-62-58-54-50-46-42-38-35-31-27-23-19-15-11-7-3)72-94-98(87,88)92-68-73(80)67-91-97(85,86)93-71-74(69-89-76(81)63-59-55-51-47-43-39-32-28-24-20-16-12-8-4)95-78(83)65-61-57-53-49-45-41-37-34-30-26-22-18-14-10-6-2/h21,23,25,27,33-38,73-75,80H,5-20,22,24,26,28-32,39-72H2,1-4H3,(H,85,86)(H,87,88)/b25-21-,27-23-,36-33-,37-34-,38-35-/t73-,74+,75+/m0/s1. The number of carbonyl (C=O) groups excluding carboxylic acids is 4. The highest BCUT2D eigenvalue weighted by Gasteiger charge is 2.30. The molecule has 0 heterocycles. The molecule has 0 fully saturated rings. The average Bonchev–Trinajstić information content (AvgIpc) is 1.04. The summed E-state index contributed by atoms with van der Waals surface area (Å²) >= 11 is 0. The van der Waals surface area contributed by atoms with Gasteiger partial charge in [0.2, 0.25) is 0 Å². The maximum absolute atomic E-state index is 13.1. The van der Waals surface area contributed by atoms with Gasteiger partial charge in [0.15, 0.2) is 12.2 Å². The monoisotopic (exact) mass is 1430 g/mol. The molecule has 17 nitrogen and oxygen atoms in total. The van der Waals surface area contributed by atoms with Crippen LogP contribution in [0.2, 0.25) is 0 Å². The van der Waals surface area contributed by atoms with E-state index in [-0.39, 0.29) is 25.7 Å². The number of phosphoric ester groups is 2. The van der Waals surface area contributed by atoms with Crippen LogP contribution in [0.3, 0.4) is 0 Å². The number of carbonyl (C=O) groups is 4. The molecule has 0 radical (unpaired) electrons. The Morgan fingerprint density at radius 2 is 0.500 bits per heavy atom. The molecular weight excluding hydrogens is 1280 g/mol. The fraction of sp³-hybridized carbons (Fsp3) is 0.823. The van der Waals surface area contributed by atoms with E-state index in [2.05, 4.69) is 88.5 Å². The van der Waals surface area contributed by atoms with Gasteiger partial charge in [-0.25, -0.2) is 9.13 Å². The molecule has 19 heteroatoms. The highest BCUT2D eigenvalue weighted by Crippen LogP contribution is 2.45. The van der Waals surface area contributed by atoms with Gasteiger partial charge in [0.05, 0.1) is 26.4 Å². The Balaban J connectivity index is 5.35. The van der Waals surface area contributed by atoms with Crippen LogP contribution in [0.1, 0.15) is 362 Å². The van der Waals surface area contributed by atoms with E-state index >= 15 is 0 Å². The van der Waals surface area contributed by atoms with E-state index in [0.717, 1.165) is 148 Å². The molecule has 5 atom stereocenters. The van der Waals surface area contributed by atoms with Gasteiger partial charge >= 0.3 is 39.5 Å². The third-order valence-corrected chi connectivity index (χ3v) is 18.9. The van der Waals surface area contributed by atoms with Crippen molar-refractivity contribution in [3.63, 3.8) is 0 Å². The number of aliphatic hydroxyl groups excluding tert-OH is 1. The number of esters is 4. The molecule has 0 saturated carbocycles. The predicted octanol–water partition coefficient (Wildman–Crippen LogP) is 22.7. The number of rotatable bonds is 75. The Morgan fingerprint density at radius 1 is 0.286 bits per heavy atom. The molecule has 0 aromatic carbocycles. The molecule has 0 aromatic rings. The van der Waals surface area contributed by atoms with Gasteiger partial charge < -0.3 is 33.8 Å². The topological polar surface area (TPSA) is 237 Å². The van der Waals surface area contributed by atoms with Crippen LogP contribution < -0.4 is 0 Å². The molecule has 98 heavy (non-hydrogen) atoms. The molecule has 0 amide bonds. The number of unbranched alkanes of at least 4 members (excludes halogenated alkanes) is 39. The van der Waals surface area contributed by atoms with E-state index < -0.39 is 97.5 Å². The molecule has 0 aliphatic heterocycles. The predicted molar refractivity (Wildman–Crippen MR) is 400 cm³/mol. The maximum Gasteiger partial charge on any atom is 0.472 e. The summed E-state index contributed by atoms with van der Waals surface area (Å²) < 4.78 is 68.5. The van der Waals surface area contributed by atoms with E-state index in [0.29, 0.717) is 25.7 Å². The van der Waals surface area contributed by atoms with Gasteiger partial charge in [0, 0.05) is 25.7 Å². The Bertz CT molecular complexity index is 2100. The summed E-state index contributed by atoms with van der Waals surface area (Å²) in [6.45, 7) is 4.84. The van der Waals surface area contributed by atoms with Crippen LogP contribution in [0.5, 0.6) is 0 Å². The summed E-state index contributed by atoms with van der Waals surface area (Å²) in [4.78, 5) is 72.9. The lowest BCUT2D eigenvalue weighted by atomic mass is 10.0. The van der Waals surface area contributed by atoms with Crippen LogP contribution in [0.25, 0.3) is 0 Å². The van der Waals surface area contributed by atoms with Crippen molar-refractivity contribution in [3.8, 4) is 0 Å². The molecule has 0 bridgehead atoms. The molecule has 2 unspecified atom stereocenters. The van der Waals surface area contributed by atoms with E-state index in [9.17, 15) is 43.2 Å². The number of aliphatic hydroxyl groups is 1. The highest BCUT2D eigenvalue weighted by atomic mass is 31.2. The number of hydrogen-bond acceptors (Lipinski definition) is 15. The van der Waals surface area contributed by atoms with Crippen LogP contribution >= 0.6 is 15.6 Å². The highest BCUT2D eigenvalue weighted by molar-refractivity contribution is 7.47. The molecular formula is C79H144O17P2. The zero-order valence-corrected chi connectivity index (χ0v) is 64.3. The summed E-state index contributed by atoms with van der Waals surface area (Å²) in [7, 11) is -9.95. The van der Waals surface area contributed by atoms with Crippen LogP contribution in [-0.2, 0) is 65.4 Å². The summed E-state index contributed by atoms with van der Waals surface area (Å²) in [6.07, 6.45) is 70.5. The lowest BCUT2D eigenvalue weighted by Gasteiger charge is -2.21. The van der Waals surface area contributed by atoms with Gasteiger partial charge in [0.1, 0.15) is 19.3 Å². The molecule has 572 valence electrons. The van der Waals surface area contributed by atoms with E-state index in [1.807, 2.05) is 0 Å². The molecule has 3 N–H and O–H groups in total. The molecule has 0 aromatic heterocycles. The molecule has 0 saturated heterocycles. The molecule has 0 aliphatic rings. The third kappa shape index (κ3) is 71.2. The minimum Gasteiger partial charge on any atom is -0.462 e. The van der Waals surface area contributed by atoms with Crippen LogP contribution in [0, 0.1) is 0 Å². The quantitative estimate of drug-likeness (QED) is 0.0169. The van der Waals surface area contributed by atoms with Gasteiger partial charge in [-0.3, -0.25) is 37.3 Å². The zero-order chi connectivity index (χ0) is 71.8. The average molecular weight is 1430 g/mol. The van der Waals surface area contributed by atoms with Crippen molar-refractivity contribution in [2.45, 2.75) is 380 Å². The van der Waals surface area contributed by atoms with Gasteiger partial charge in [-0.1, -0.05) is 281 Å². The lowest BCUT2D eigenvalue weighted by molar-refractivity contribution is -0.161. The van der Waals surface area contributed by atoms with E-state index in [1.54, 1.807) is 0 Å². The Morgan fingerprint density at radius 3 is 0.786 bits per heavy atom. The first-order valence-corrected chi connectivity index (χ1v) is 42.5. The Hall–Kier alpha value is -3.24. The molecule has 0 aliphatic carbocycles. The summed E-state index contributed by atoms with van der Waals surface area (Å²) in [5, 5.41) is 10.6. The SMILES string of the molecule is CCCCC/C=C\C/C=C\CCCCCCCC(=O)OC[C@H](COP(=O)(O)OC[C@@H](O)COP(=O)(O)OC[C@@H](COC(=O)CCCCCCCCCCCCCCC)OC(=O)CCCCCCC/C=C\CCCCCCCC)OC(=O)CCCCCCC/C=C\C/C=C\CCCCC. The minimum atomic E-state index is -4.98. The molecule has 0 spiro atoms. The van der Waals surface area contributed by atoms with E-state index in [4.69, 9.17) is 37.0 Å². The number of allylic oxidation sites excluding steroid dienone is 10. The second-order valence-corrected chi connectivity index (χ2v) is 29.6. The van der Waals surface area contributed by atoms with Crippen molar-refractivity contribution in [1.29, 1.82) is 0 Å². The van der Waals surface area contributed by atoms with E-state index in [1.165, 1.54) is 135 Å². The van der Waals surface area contributed by atoms with Gasteiger partial charge in [0.25, 0.3) is 0 Å². The lowest BCUT2D eigenvalue weighted by Crippen LogP contribution is -2.30. The van der Waals surface area contributed by atoms with Crippen molar-refractivity contribution in [2.24, 2.45) is 0 Å². The smallest absolute Gasteiger partial charge is 0.462 e. The minimum absolute atomic E-state index is 0.0791. The second-order valence-electron chi connectivity index (χ2n) is 26.7. The first kappa shape index (κ1) is 94.8. The van der Waals surface area contributed by atoms with Crippen molar-refractivity contribution in [3.05, 3.63) is 60.8 Å². The zero-order valence-electron chi connectivity index (χ0n) is 62.5. The second kappa shape index (κ2) is 72.1. The normalized spacial score (nSPS) is 14.2. The van der Waals surface area contributed by atoms with Crippen molar-refractivity contribution >= 4 is 39.5 Å². The Kier molecular flexibility index (Phi) is 69.7. The number of phosphoric acid groups is 2. The number of ether oxygens (including phenoxy) is 4. The van der Waals surface area contributed by atoms with Crippen LogP contribution in [0.15, 0.2) is 60.8 Å². The van der Waals surface area contributed by atoms with Gasteiger partial charge in [-0.2, -0.15) is 0 Å². The van der Waals surface area contributed by atoms with Crippen molar-refractivity contribution in [1.82, 2.24) is 0 Å². The van der Waals surface area contributed by atoms with Gasteiger partial charge in [-0.15, -0.1) is 0 Å². The fourth-order valence-electron chi connectivity index (χ4n) is 10.9. The largest absolute Gasteiger partial charge is 0.472 e. The van der Waals surface area contributed by atoms with Crippen LogP contribution in [0.4, 0.5) is 0 Å². The van der Waals surface area contributed by atoms with Crippen LogP contribution in [-0.4, -0.2) is 96.7 Å². The van der Waals surface area contributed by atoms with Gasteiger partial charge in [-0.05, 0) is 116 Å². The number of hydrogen-bond donors (Lipinski definition) is 3. The first-order valence-electron chi connectivity index (χ1n) is 39.5. The van der Waals surface area contributed by atoms with Crippen molar-refractivity contribution < 1.29 is 80.2 Å². The summed E-state index contributed by atoms with van der Waals surface area (Å²) in [6, 6.07) is 0. The Labute approximate surface area is 597 Å².